The first-order valence-electron chi connectivity index (χ1n) is 7.79. The van der Waals surface area contributed by atoms with Crippen LogP contribution in [-0.2, 0) is 13.1 Å². The van der Waals surface area contributed by atoms with Crippen LogP contribution >= 0.6 is 11.3 Å². The molecule has 1 aliphatic rings. The van der Waals surface area contributed by atoms with E-state index in [9.17, 15) is 4.79 Å². The Bertz CT molecular complexity index is 934. The van der Waals surface area contributed by atoms with E-state index in [2.05, 4.69) is 16.8 Å². The third-order valence-corrected chi connectivity index (χ3v) is 4.79. The van der Waals surface area contributed by atoms with E-state index in [-0.39, 0.29) is 12.4 Å². The van der Waals surface area contributed by atoms with Gasteiger partial charge in [-0.3, -0.25) is 14.1 Å². The number of thiazole rings is 1. The summed E-state index contributed by atoms with van der Waals surface area (Å²) in [5.74, 6) is 1.58. The zero-order chi connectivity index (χ0) is 16.5. The van der Waals surface area contributed by atoms with Crippen LogP contribution in [0.2, 0.25) is 0 Å². The Labute approximate surface area is 142 Å². The molecule has 1 aliphatic heterocycles. The summed E-state index contributed by atoms with van der Waals surface area (Å²) in [6.07, 6.45) is 1.75. The van der Waals surface area contributed by atoms with E-state index < -0.39 is 0 Å². The molecule has 4 rings (SSSR count). The lowest BCUT2D eigenvalue weighted by atomic mass is 10.2. The van der Waals surface area contributed by atoms with Gasteiger partial charge in [0.25, 0.3) is 5.56 Å². The Kier molecular flexibility index (Phi) is 3.95. The van der Waals surface area contributed by atoms with Gasteiger partial charge < -0.3 is 9.47 Å². The number of nitrogens with zero attached hydrogens (tertiary/aromatic N) is 3. The zero-order valence-corrected chi connectivity index (χ0v) is 14.1. The molecule has 2 aromatic heterocycles. The number of aromatic nitrogens is 2. The van der Waals surface area contributed by atoms with Crippen molar-refractivity contribution in [2.75, 3.05) is 13.3 Å². The summed E-state index contributed by atoms with van der Waals surface area (Å²) in [6.45, 7) is 4.64. The fraction of sp³-hybridized carbons (Fsp3) is 0.294. The predicted molar refractivity (Wildman–Crippen MR) is 91.7 cm³/mol. The van der Waals surface area contributed by atoms with Crippen LogP contribution in [0.4, 0.5) is 0 Å². The van der Waals surface area contributed by atoms with Crippen molar-refractivity contribution in [3.05, 3.63) is 57.5 Å². The van der Waals surface area contributed by atoms with Crippen molar-refractivity contribution in [2.45, 2.75) is 20.0 Å². The van der Waals surface area contributed by atoms with Crippen molar-refractivity contribution in [1.82, 2.24) is 14.3 Å². The summed E-state index contributed by atoms with van der Waals surface area (Å²) in [6, 6.07) is 7.60. The molecular weight excluding hydrogens is 326 g/mol. The van der Waals surface area contributed by atoms with Crippen molar-refractivity contribution in [1.29, 1.82) is 0 Å². The molecule has 0 atom stereocenters. The van der Waals surface area contributed by atoms with E-state index in [0.29, 0.717) is 6.54 Å². The van der Waals surface area contributed by atoms with E-state index in [0.717, 1.165) is 40.8 Å². The second-order valence-corrected chi connectivity index (χ2v) is 6.51. The second kappa shape index (κ2) is 6.26. The minimum Gasteiger partial charge on any atom is -0.454 e. The molecule has 0 saturated carbocycles. The van der Waals surface area contributed by atoms with Crippen LogP contribution in [0.5, 0.6) is 11.5 Å². The molecule has 0 spiro atoms. The number of rotatable bonds is 5. The fourth-order valence-corrected chi connectivity index (χ4v) is 3.51. The molecule has 0 bridgehead atoms. The molecule has 0 saturated heterocycles. The third-order valence-electron chi connectivity index (χ3n) is 4.03. The standard InChI is InChI=1S/C17H17N3O3S/c1-2-19(9-12-3-4-14-15(7-12)23-11-22-14)10-13-8-16(21)20-5-6-24-17(20)18-13/h3-8H,2,9-11H2,1H3. The Morgan fingerprint density at radius 1 is 1.25 bits per heavy atom. The van der Waals surface area contributed by atoms with E-state index in [1.165, 1.54) is 11.3 Å². The Hall–Kier alpha value is -2.38. The maximum absolute atomic E-state index is 12.1. The van der Waals surface area contributed by atoms with Crippen molar-refractivity contribution < 1.29 is 9.47 Å². The molecule has 24 heavy (non-hydrogen) atoms. The first-order valence-corrected chi connectivity index (χ1v) is 8.67. The van der Waals surface area contributed by atoms with E-state index >= 15 is 0 Å². The van der Waals surface area contributed by atoms with Crippen LogP contribution in [0.15, 0.2) is 40.6 Å². The average molecular weight is 343 g/mol. The van der Waals surface area contributed by atoms with Crippen LogP contribution in [-0.4, -0.2) is 27.6 Å². The highest BCUT2D eigenvalue weighted by Gasteiger charge is 2.15. The number of fused-ring (bicyclic) bond motifs is 2. The molecule has 124 valence electrons. The van der Waals surface area contributed by atoms with Gasteiger partial charge in [-0.25, -0.2) is 4.98 Å². The number of hydrogen-bond acceptors (Lipinski definition) is 6. The SMILES string of the molecule is CCN(Cc1ccc2c(c1)OCO2)Cc1cc(=O)n2ccsc2n1. The Balaban J connectivity index is 1.53. The number of benzene rings is 1. The van der Waals surface area contributed by atoms with Crippen LogP contribution in [0.1, 0.15) is 18.2 Å². The van der Waals surface area contributed by atoms with Gasteiger partial charge in [0.2, 0.25) is 6.79 Å². The summed E-state index contributed by atoms with van der Waals surface area (Å²) >= 11 is 1.47. The maximum Gasteiger partial charge on any atom is 0.258 e. The summed E-state index contributed by atoms with van der Waals surface area (Å²) in [5, 5.41) is 1.87. The van der Waals surface area contributed by atoms with E-state index in [1.54, 1.807) is 16.7 Å². The van der Waals surface area contributed by atoms with Gasteiger partial charge in [0.15, 0.2) is 16.5 Å². The van der Waals surface area contributed by atoms with Crippen molar-refractivity contribution in [3.63, 3.8) is 0 Å². The quantitative estimate of drug-likeness (QED) is 0.712. The predicted octanol–water partition coefficient (Wildman–Crippen LogP) is 2.51. The normalized spacial score (nSPS) is 13.1. The van der Waals surface area contributed by atoms with Crippen LogP contribution in [0.3, 0.4) is 0 Å². The minimum atomic E-state index is -0.0321. The Morgan fingerprint density at radius 2 is 2.12 bits per heavy atom. The molecule has 0 amide bonds. The molecule has 7 heteroatoms. The van der Waals surface area contributed by atoms with Gasteiger partial charge in [-0.15, -0.1) is 11.3 Å². The van der Waals surface area contributed by atoms with Crippen LogP contribution < -0.4 is 15.0 Å². The third kappa shape index (κ3) is 2.88. The lowest BCUT2D eigenvalue weighted by Crippen LogP contribution is -2.24. The van der Waals surface area contributed by atoms with E-state index in [1.807, 2.05) is 23.6 Å². The molecule has 0 N–H and O–H groups in total. The second-order valence-electron chi connectivity index (χ2n) is 5.63. The zero-order valence-electron chi connectivity index (χ0n) is 13.3. The molecule has 3 heterocycles. The molecule has 0 fully saturated rings. The summed E-state index contributed by atoms with van der Waals surface area (Å²) < 4.78 is 12.3. The van der Waals surface area contributed by atoms with Gasteiger partial charge in [-0.2, -0.15) is 0 Å². The van der Waals surface area contributed by atoms with E-state index in [4.69, 9.17) is 9.47 Å². The van der Waals surface area contributed by atoms with Gasteiger partial charge in [-0.1, -0.05) is 13.0 Å². The topological polar surface area (TPSA) is 56.1 Å². The summed E-state index contributed by atoms with van der Waals surface area (Å²) in [5.41, 5.74) is 1.91. The first kappa shape index (κ1) is 15.2. The summed E-state index contributed by atoms with van der Waals surface area (Å²) in [4.78, 5) is 19.6. The highest BCUT2D eigenvalue weighted by atomic mass is 32.1. The smallest absolute Gasteiger partial charge is 0.258 e. The highest BCUT2D eigenvalue weighted by molar-refractivity contribution is 7.15. The van der Waals surface area contributed by atoms with Crippen LogP contribution in [0, 0.1) is 0 Å². The van der Waals surface area contributed by atoms with Gasteiger partial charge in [-0.05, 0) is 24.2 Å². The Morgan fingerprint density at radius 3 is 3.00 bits per heavy atom. The number of hydrogen-bond donors (Lipinski definition) is 0. The van der Waals surface area contributed by atoms with Crippen molar-refractivity contribution in [3.8, 4) is 11.5 Å². The lowest BCUT2D eigenvalue weighted by Gasteiger charge is -2.20. The van der Waals surface area contributed by atoms with Crippen molar-refractivity contribution in [2.24, 2.45) is 0 Å². The molecule has 0 aliphatic carbocycles. The summed E-state index contributed by atoms with van der Waals surface area (Å²) in [7, 11) is 0. The molecule has 3 aromatic rings. The highest BCUT2D eigenvalue weighted by Crippen LogP contribution is 2.32. The molecule has 0 radical (unpaired) electrons. The largest absolute Gasteiger partial charge is 0.454 e. The fourth-order valence-electron chi connectivity index (χ4n) is 2.77. The molecule has 6 nitrogen and oxygen atoms in total. The number of ether oxygens (including phenoxy) is 2. The van der Waals surface area contributed by atoms with Crippen LogP contribution in [0.25, 0.3) is 4.96 Å². The molecular formula is C17H17N3O3S. The van der Waals surface area contributed by atoms with Gasteiger partial charge in [0.1, 0.15) is 0 Å². The molecule has 0 unspecified atom stereocenters. The molecule has 1 aromatic carbocycles. The van der Waals surface area contributed by atoms with Gasteiger partial charge >= 0.3 is 0 Å². The monoisotopic (exact) mass is 343 g/mol. The van der Waals surface area contributed by atoms with Gasteiger partial charge in [0.05, 0.1) is 5.69 Å². The first-order chi connectivity index (χ1) is 11.7. The van der Waals surface area contributed by atoms with Crippen molar-refractivity contribution >= 4 is 16.3 Å². The minimum absolute atomic E-state index is 0.0321. The lowest BCUT2D eigenvalue weighted by molar-refractivity contribution is 0.174. The average Bonchev–Trinajstić information content (AvgIpc) is 3.22. The van der Waals surface area contributed by atoms with Gasteiger partial charge in [0, 0.05) is 30.7 Å². The maximum atomic E-state index is 12.1.